The predicted octanol–water partition coefficient (Wildman–Crippen LogP) is 40.5. The highest BCUT2D eigenvalue weighted by atomic mass is 15.2. The molecule has 0 heterocycles. The molecule has 0 aliphatic heterocycles. The Morgan fingerprint density at radius 2 is 0.230 bits per heavy atom. The third-order valence-corrected chi connectivity index (χ3v) is 27.5. The van der Waals surface area contributed by atoms with Crippen molar-refractivity contribution < 1.29 is 0 Å². The van der Waals surface area contributed by atoms with Crippen molar-refractivity contribution in [2.24, 2.45) is 0 Å². The summed E-state index contributed by atoms with van der Waals surface area (Å²) in [7, 11) is 0. The molecule has 25 aromatic rings. The minimum Gasteiger partial charge on any atom is -0.311 e. The quantitative estimate of drug-likeness (QED) is 0.0596. The van der Waals surface area contributed by atoms with Gasteiger partial charge in [0.25, 0.3) is 0 Å². The molecule has 25 rings (SSSR count). The normalized spacial score (nSPS) is 11.0. The summed E-state index contributed by atoms with van der Waals surface area (Å²) in [6.07, 6.45) is 0. The standard InChI is InChI=1S/C50H36N2.2C46H34N2/c1-3-11-37(12-4-1)41-19-25-45(26-20-41)51(46-27-21-42(22-28-46)38-13-5-2-6-14-38)47-31-33-48(34-32-47)52(49-29-23-39-15-7-9-17-43(39)35-49)50-30-24-40-16-8-10-18-44(40)36-50;1-4-13-35(14-5-1)37-23-27-41(28-24-37)47(42-29-25-38(26-30-42)36-15-6-2-7-16-36)43-31-33-44(34-32-43)48(40-19-8-3-9-20-40)46-22-12-18-39-17-10-11-21-45(39)46;1-4-12-35(13-5-1)38-20-25-42(26-21-38)47(43-27-22-39(23-28-43)36-14-6-2-7-15-36)44-30-32-45(33-31-44)48(41-18-8-3-9-19-41)46-29-24-37-16-10-11-17-40(37)34-46/h1-36H;2*1-34H. The Balaban J connectivity index is 0.000000122. The molecule has 0 bridgehead atoms. The van der Waals surface area contributed by atoms with Gasteiger partial charge < -0.3 is 29.4 Å². The Bertz CT molecular complexity index is 8380. The lowest BCUT2D eigenvalue weighted by atomic mass is 10.0. The maximum atomic E-state index is 2.36. The van der Waals surface area contributed by atoms with Gasteiger partial charge in [-0.15, -0.1) is 0 Å². The summed E-state index contributed by atoms with van der Waals surface area (Å²) in [6, 6.07) is 225. The summed E-state index contributed by atoms with van der Waals surface area (Å²) in [5.74, 6) is 0. The van der Waals surface area contributed by atoms with Gasteiger partial charge in [0.1, 0.15) is 0 Å². The van der Waals surface area contributed by atoms with Crippen LogP contribution in [0.3, 0.4) is 0 Å². The van der Waals surface area contributed by atoms with E-state index in [1.165, 1.54) is 110 Å². The largest absolute Gasteiger partial charge is 0.311 e. The SMILES string of the molecule is c1ccc(-c2ccc(N(c3ccc(-c4ccccc4)cc3)c3ccc(N(c4ccc5ccccc5c4)c4ccc5ccccc5c4)cc3)cc2)cc1.c1ccc(-c2ccc(N(c3ccc(-c4ccccc4)cc3)c3ccc(N(c4ccccc4)c4ccc5ccccc5c4)cc3)cc2)cc1.c1ccc(-c2ccc(N(c3ccc(-c4ccccc4)cc3)c3ccc(N(c4ccccc4)c4cccc5ccccc45)cc3)cc2)cc1. The molecule has 0 aliphatic carbocycles. The predicted molar refractivity (Wildman–Crippen MR) is 630 cm³/mol. The van der Waals surface area contributed by atoms with Gasteiger partial charge in [-0.1, -0.05) is 419 Å². The van der Waals surface area contributed by atoms with Gasteiger partial charge >= 0.3 is 0 Å². The molecule has 0 unspecified atom stereocenters. The molecule has 6 heteroatoms. The minimum absolute atomic E-state index is 1.08. The Morgan fingerprint density at radius 1 is 0.0811 bits per heavy atom. The van der Waals surface area contributed by atoms with Gasteiger partial charge in [-0.25, -0.2) is 0 Å². The molecule has 0 aromatic heterocycles. The molecule has 0 saturated heterocycles. The van der Waals surface area contributed by atoms with E-state index in [1.54, 1.807) is 0 Å². The van der Waals surface area contributed by atoms with Crippen LogP contribution < -0.4 is 29.4 Å². The number of nitrogens with zero attached hydrogens (tertiary/aromatic N) is 6. The van der Waals surface area contributed by atoms with Gasteiger partial charge in [0, 0.05) is 102 Å². The third-order valence-electron chi connectivity index (χ3n) is 27.5. The summed E-state index contributed by atoms with van der Waals surface area (Å²) >= 11 is 0. The maximum absolute atomic E-state index is 2.36. The zero-order valence-electron chi connectivity index (χ0n) is 81.7. The number of hydrogen-bond acceptors (Lipinski definition) is 6. The molecule has 25 aromatic carbocycles. The fourth-order valence-corrected chi connectivity index (χ4v) is 20.0. The van der Waals surface area contributed by atoms with E-state index in [0.717, 1.165) is 102 Å². The van der Waals surface area contributed by atoms with Gasteiger partial charge in [0.2, 0.25) is 0 Å². The van der Waals surface area contributed by atoms with E-state index in [2.05, 4.69) is 660 Å². The van der Waals surface area contributed by atoms with Gasteiger partial charge in [-0.3, -0.25) is 0 Å². The topological polar surface area (TPSA) is 19.4 Å². The summed E-state index contributed by atoms with van der Waals surface area (Å²) in [5.41, 5.74) is 34.3. The molecule has 0 radical (unpaired) electrons. The second kappa shape index (κ2) is 43.4. The number of rotatable bonds is 24. The first-order valence-corrected chi connectivity index (χ1v) is 50.5. The minimum atomic E-state index is 1.08. The van der Waals surface area contributed by atoms with Crippen molar-refractivity contribution in [3.8, 4) is 66.8 Å². The first-order chi connectivity index (χ1) is 73.4. The first kappa shape index (κ1) is 92.1. The summed E-state index contributed by atoms with van der Waals surface area (Å²) in [5, 5.41) is 9.77. The van der Waals surface area contributed by atoms with E-state index in [4.69, 9.17) is 0 Å². The van der Waals surface area contributed by atoms with Crippen LogP contribution in [0.15, 0.2) is 631 Å². The van der Waals surface area contributed by atoms with Crippen LogP contribution in [-0.2, 0) is 0 Å². The summed E-state index contributed by atoms with van der Waals surface area (Å²) in [4.78, 5) is 14.0. The monoisotopic (exact) mass is 1890 g/mol. The Hall–Kier alpha value is -19.7. The Labute approximate surface area is 866 Å². The van der Waals surface area contributed by atoms with E-state index in [9.17, 15) is 0 Å². The number of para-hydroxylation sites is 2. The zero-order chi connectivity index (χ0) is 98.9. The van der Waals surface area contributed by atoms with Gasteiger partial charge in [-0.05, 0) is 317 Å². The van der Waals surface area contributed by atoms with Crippen molar-refractivity contribution in [1.29, 1.82) is 0 Å². The van der Waals surface area contributed by atoms with Crippen molar-refractivity contribution in [2.45, 2.75) is 0 Å². The van der Waals surface area contributed by atoms with Crippen molar-refractivity contribution in [3.63, 3.8) is 0 Å². The molecule has 0 N–H and O–H groups in total. The molecule has 6 nitrogen and oxygen atoms in total. The van der Waals surface area contributed by atoms with E-state index in [-0.39, 0.29) is 0 Å². The molecule has 148 heavy (non-hydrogen) atoms. The zero-order valence-corrected chi connectivity index (χ0v) is 81.7. The Kier molecular flexibility index (Phi) is 27.0. The second-order valence-electron chi connectivity index (χ2n) is 36.8. The van der Waals surface area contributed by atoms with E-state index in [1.807, 2.05) is 0 Å². The smallest absolute Gasteiger partial charge is 0.0540 e. The van der Waals surface area contributed by atoms with Crippen LogP contribution in [0.1, 0.15) is 0 Å². The van der Waals surface area contributed by atoms with Crippen LogP contribution in [0.5, 0.6) is 0 Å². The number of hydrogen-bond donors (Lipinski definition) is 0. The van der Waals surface area contributed by atoms with Crippen molar-refractivity contribution >= 4 is 145 Å². The molecular formula is C142H104N6. The Morgan fingerprint density at radius 3 is 0.473 bits per heavy atom. The lowest BCUT2D eigenvalue weighted by molar-refractivity contribution is 1.26. The van der Waals surface area contributed by atoms with Crippen LogP contribution in [0.4, 0.5) is 102 Å². The molecule has 702 valence electrons. The lowest BCUT2D eigenvalue weighted by Crippen LogP contribution is -2.12. The van der Waals surface area contributed by atoms with Crippen LogP contribution >= 0.6 is 0 Å². The summed E-state index contributed by atoms with van der Waals surface area (Å²) < 4.78 is 0. The average molecular weight is 1890 g/mol. The van der Waals surface area contributed by atoms with E-state index in [0.29, 0.717) is 0 Å². The highest BCUT2D eigenvalue weighted by Crippen LogP contribution is 2.48. The third kappa shape index (κ3) is 20.5. The van der Waals surface area contributed by atoms with Crippen LogP contribution in [0.2, 0.25) is 0 Å². The maximum Gasteiger partial charge on any atom is 0.0540 e. The summed E-state index contributed by atoms with van der Waals surface area (Å²) in [6.45, 7) is 0. The van der Waals surface area contributed by atoms with Crippen LogP contribution in [0, 0.1) is 0 Å². The number of anilines is 18. The average Bonchev–Trinajstić information content (AvgIpc) is 0.790. The van der Waals surface area contributed by atoms with Gasteiger partial charge in [0.05, 0.1) is 5.69 Å². The highest BCUT2D eigenvalue weighted by molar-refractivity contribution is 6.01. The molecule has 0 amide bonds. The molecule has 0 atom stereocenters. The highest BCUT2D eigenvalue weighted by Gasteiger charge is 2.24. The van der Waals surface area contributed by atoms with E-state index >= 15 is 0 Å². The molecular weight excluding hydrogens is 1790 g/mol. The number of fused-ring (bicyclic) bond motifs is 4. The molecule has 0 saturated carbocycles. The van der Waals surface area contributed by atoms with Gasteiger partial charge in [-0.2, -0.15) is 0 Å². The second-order valence-corrected chi connectivity index (χ2v) is 36.8. The van der Waals surface area contributed by atoms with Gasteiger partial charge in [0.15, 0.2) is 0 Å². The lowest BCUT2D eigenvalue weighted by Gasteiger charge is -2.29. The van der Waals surface area contributed by atoms with Crippen LogP contribution in [0.25, 0.3) is 110 Å². The molecule has 0 fully saturated rings. The fraction of sp³-hybridized carbons (Fsp3) is 0. The van der Waals surface area contributed by atoms with Crippen molar-refractivity contribution in [3.05, 3.63) is 631 Å². The van der Waals surface area contributed by atoms with Crippen LogP contribution in [-0.4, -0.2) is 0 Å². The fourth-order valence-electron chi connectivity index (χ4n) is 20.0. The number of benzene rings is 25. The first-order valence-electron chi connectivity index (χ1n) is 50.5. The molecule has 0 aliphatic rings. The molecule has 0 spiro atoms. The van der Waals surface area contributed by atoms with E-state index < -0.39 is 0 Å². The van der Waals surface area contributed by atoms with Crippen molar-refractivity contribution in [2.75, 3.05) is 29.4 Å². The van der Waals surface area contributed by atoms with Crippen molar-refractivity contribution in [1.82, 2.24) is 0 Å².